The van der Waals surface area contributed by atoms with Crippen LogP contribution < -0.4 is 4.72 Å². The van der Waals surface area contributed by atoms with Gasteiger partial charge in [-0.15, -0.1) is 11.6 Å². The molecule has 0 aliphatic carbocycles. The summed E-state index contributed by atoms with van der Waals surface area (Å²) in [6.07, 6.45) is 1.80. The molecule has 1 aromatic rings. The lowest BCUT2D eigenvalue weighted by Gasteiger charge is -2.07. The van der Waals surface area contributed by atoms with Crippen molar-refractivity contribution >= 4 is 21.6 Å². The van der Waals surface area contributed by atoms with Crippen molar-refractivity contribution < 1.29 is 8.42 Å². The van der Waals surface area contributed by atoms with Crippen LogP contribution >= 0.6 is 11.6 Å². The quantitative estimate of drug-likeness (QED) is 0.618. The molecule has 1 aromatic carbocycles. The Bertz CT molecular complexity index is 523. The summed E-state index contributed by atoms with van der Waals surface area (Å²) < 4.78 is 26.3. The first kappa shape index (κ1) is 15.0. The maximum absolute atomic E-state index is 11.9. The Hall–Kier alpha value is -1.09. The number of hydrogen-bond donors (Lipinski definition) is 1. The minimum Gasteiger partial charge on any atom is -0.211 e. The molecule has 0 atom stereocenters. The largest absolute Gasteiger partial charge is 0.240 e. The summed E-state index contributed by atoms with van der Waals surface area (Å²) in [5.41, 5.74) is 0.768. The van der Waals surface area contributed by atoms with Crippen molar-refractivity contribution in [2.24, 2.45) is 0 Å². The molecule has 98 valence electrons. The first-order valence-electron chi connectivity index (χ1n) is 5.61. The number of nitriles is 1. The van der Waals surface area contributed by atoms with Gasteiger partial charge in [-0.1, -0.05) is 12.1 Å². The van der Waals surface area contributed by atoms with Gasteiger partial charge in [0.1, 0.15) is 0 Å². The van der Waals surface area contributed by atoms with E-state index in [0.717, 1.165) is 5.56 Å². The summed E-state index contributed by atoms with van der Waals surface area (Å²) in [5.74, 6) is 0.283. The van der Waals surface area contributed by atoms with Gasteiger partial charge in [0.2, 0.25) is 10.0 Å². The van der Waals surface area contributed by atoms with Gasteiger partial charge in [-0.25, -0.2) is 13.1 Å². The third-order valence-corrected chi connectivity index (χ3v) is 4.14. The Labute approximate surface area is 113 Å². The van der Waals surface area contributed by atoms with Gasteiger partial charge in [0.05, 0.1) is 11.0 Å². The second-order valence-corrected chi connectivity index (χ2v) is 5.83. The molecule has 0 radical (unpaired) electrons. The molecule has 0 saturated heterocycles. The van der Waals surface area contributed by atoms with Crippen LogP contribution in [0.3, 0.4) is 0 Å². The third kappa shape index (κ3) is 4.65. The van der Waals surface area contributed by atoms with E-state index in [1.54, 1.807) is 18.2 Å². The van der Waals surface area contributed by atoms with Gasteiger partial charge in [-0.2, -0.15) is 5.26 Å². The van der Waals surface area contributed by atoms with Crippen molar-refractivity contribution in [3.05, 3.63) is 29.8 Å². The number of sulfonamides is 1. The zero-order chi connectivity index (χ0) is 13.4. The highest BCUT2D eigenvalue weighted by Crippen LogP contribution is 2.13. The molecule has 0 spiro atoms. The van der Waals surface area contributed by atoms with E-state index in [1.807, 2.05) is 6.07 Å². The number of unbranched alkanes of at least 4 members (excludes halogenated alkanes) is 2. The smallest absolute Gasteiger partial charge is 0.211 e. The molecule has 0 unspecified atom stereocenters. The summed E-state index contributed by atoms with van der Waals surface area (Å²) in [4.78, 5) is 0.223. The van der Waals surface area contributed by atoms with Crippen LogP contribution in [0.2, 0.25) is 0 Å². The van der Waals surface area contributed by atoms with E-state index in [1.165, 1.54) is 6.07 Å². The van der Waals surface area contributed by atoms with Crippen molar-refractivity contribution in [1.82, 2.24) is 4.72 Å². The highest BCUT2D eigenvalue weighted by atomic mass is 35.5. The van der Waals surface area contributed by atoms with Gasteiger partial charge in [0.25, 0.3) is 0 Å². The molecule has 0 fully saturated rings. The normalized spacial score (nSPS) is 11.1. The van der Waals surface area contributed by atoms with Crippen LogP contribution in [-0.4, -0.2) is 15.0 Å². The highest BCUT2D eigenvalue weighted by molar-refractivity contribution is 7.89. The van der Waals surface area contributed by atoms with E-state index in [0.29, 0.717) is 25.8 Å². The predicted molar refractivity (Wildman–Crippen MR) is 70.7 cm³/mol. The average molecular weight is 287 g/mol. The summed E-state index contributed by atoms with van der Waals surface area (Å²) in [6, 6.07) is 8.56. The Morgan fingerprint density at radius 2 is 2.11 bits per heavy atom. The summed E-state index contributed by atoms with van der Waals surface area (Å²) in [5, 5.41) is 8.36. The molecule has 0 aromatic heterocycles. The van der Waals surface area contributed by atoms with Crippen LogP contribution in [-0.2, 0) is 15.9 Å². The lowest BCUT2D eigenvalue weighted by Crippen LogP contribution is -2.24. The van der Waals surface area contributed by atoms with E-state index in [9.17, 15) is 8.42 Å². The minimum atomic E-state index is -3.47. The average Bonchev–Trinajstić information content (AvgIpc) is 2.38. The van der Waals surface area contributed by atoms with Crippen LogP contribution in [0.5, 0.6) is 0 Å². The van der Waals surface area contributed by atoms with Gasteiger partial charge in [0, 0.05) is 18.8 Å². The molecular formula is C12H15ClN2O2S. The molecule has 18 heavy (non-hydrogen) atoms. The van der Waals surface area contributed by atoms with Crippen LogP contribution in [0, 0.1) is 11.3 Å². The molecule has 0 aliphatic rings. The van der Waals surface area contributed by atoms with Gasteiger partial charge in [-0.3, -0.25) is 0 Å². The fourth-order valence-corrected chi connectivity index (χ4v) is 2.72. The second-order valence-electron chi connectivity index (χ2n) is 3.79. The van der Waals surface area contributed by atoms with Crippen LogP contribution in [0.25, 0.3) is 0 Å². The number of hydrogen-bond acceptors (Lipinski definition) is 3. The van der Waals surface area contributed by atoms with E-state index >= 15 is 0 Å². The zero-order valence-corrected chi connectivity index (χ0v) is 11.5. The fraction of sp³-hybridized carbons (Fsp3) is 0.417. The molecule has 0 aliphatic heterocycles. The third-order valence-electron chi connectivity index (χ3n) is 2.37. The molecule has 0 heterocycles. The lowest BCUT2D eigenvalue weighted by atomic mass is 10.2. The summed E-state index contributed by atoms with van der Waals surface area (Å²) in [6.45, 7) is 0.342. The molecule has 0 amide bonds. The van der Waals surface area contributed by atoms with E-state index in [2.05, 4.69) is 4.72 Å². The monoisotopic (exact) mass is 286 g/mol. The van der Waals surface area contributed by atoms with Crippen molar-refractivity contribution in [3.63, 3.8) is 0 Å². The Morgan fingerprint density at radius 3 is 2.78 bits per heavy atom. The second kappa shape index (κ2) is 7.37. The Balaban J connectivity index is 2.60. The molecule has 4 nitrogen and oxygen atoms in total. The van der Waals surface area contributed by atoms with Gasteiger partial charge < -0.3 is 0 Å². The van der Waals surface area contributed by atoms with Crippen molar-refractivity contribution in [3.8, 4) is 6.07 Å². The molecule has 1 N–H and O–H groups in total. The number of halogens is 1. The van der Waals surface area contributed by atoms with Crippen LogP contribution in [0.1, 0.15) is 24.8 Å². The molecule has 6 heteroatoms. The highest BCUT2D eigenvalue weighted by Gasteiger charge is 2.13. The van der Waals surface area contributed by atoms with Gasteiger partial charge >= 0.3 is 0 Å². The molecule has 1 rings (SSSR count). The minimum absolute atomic E-state index is 0.223. The van der Waals surface area contributed by atoms with Crippen molar-refractivity contribution in [1.29, 1.82) is 5.26 Å². The predicted octanol–water partition coefficient (Wildman–Crippen LogP) is 2.40. The number of benzene rings is 1. The topological polar surface area (TPSA) is 70.0 Å². The van der Waals surface area contributed by atoms with E-state index in [4.69, 9.17) is 16.9 Å². The number of nitrogens with one attached hydrogen (secondary N) is 1. The SMILES string of the molecule is N#CCCCCNS(=O)(=O)c1cccc(CCl)c1. The molecular weight excluding hydrogens is 272 g/mol. The Kier molecular flexibility index (Phi) is 6.13. The standard InChI is InChI=1S/C12H15ClN2O2S/c13-10-11-5-4-6-12(9-11)18(16,17)15-8-3-1-2-7-14/h4-6,9,15H,1-3,8,10H2. The van der Waals surface area contributed by atoms with Crippen LogP contribution in [0.15, 0.2) is 29.2 Å². The van der Waals surface area contributed by atoms with Crippen molar-refractivity contribution in [2.45, 2.75) is 30.0 Å². The molecule has 0 saturated carbocycles. The maximum Gasteiger partial charge on any atom is 0.240 e. The summed E-state index contributed by atoms with van der Waals surface area (Å²) >= 11 is 5.66. The van der Waals surface area contributed by atoms with E-state index in [-0.39, 0.29) is 10.8 Å². The number of nitrogens with zero attached hydrogens (tertiary/aromatic N) is 1. The lowest BCUT2D eigenvalue weighted by molar-refractivity contribution is 0.577. The van der Waals surface area contributed by atoms with Gasteiger partial charge in [-0.05, 0) is 30.5 Å². The van der Waals surface area contributed by atoms with Crippen LogP contribution in [0.4, 0.5) is 0 Å². The van der Waals surface area contributed by atoms with Gasteiger partial charge in [0.15, 0.2) is 0 Å². The summed E-state index contributed by atoms with van der Waals surface area (Å²) in [7, 11) is -3.47. The Morgan fingerprint density at radius 1 is 1.33 bits per heavy atom. The van der Waals surface area contributed by atoms with Crippen molar-refractivity contribution in [2.75, 3.05) is 6.54 Å². The first-order chi connectivity index (χ1) is 8.60. The number of rotatable bonds is 7. The maximum atomic E-state index is 11.9. The fourth-order valence-electron chi connectivity index (χ4n) is 1.41. The first-order valence-corrected chi connectivity index (χ1v) is 7.63. The molecule has 0 bridgehead atoms. The zero-order valence-electron chi connectivity index (χ0n) is 9.89. The van der Waals surface area contributed by atoms with E-state index < -0.39 is 10.0 Å². The number of alkyl halides is 1.